The van der Waals surface area contributed by atoms with Crippen LogP contribution in [0, 0.1) is 0 Å². The summed E-state index contributed by atoms with van der Waals surface area (Å²) >= 11 is 0. The van der Waals surface area contributed by atoms with E-state index >= 15 is 0 Å². The Morgan fingerprint density at radius 1 is 1.43 bits per heavy atom. The van der Waals surface area contributed by atoms with Crippen molar-refractivity contribution in [2.24, 2.45) is 0 Å². The fourth-order valence-corrected chi connectivity index (χ4v) is 2.44. The first-order chi connectivity index (χ1) is 10.3. The Kier molecular flexibility index (Phi) is 4.56. The smallest absolute Gasteiger partial charge is 0.226 e. The van der Waals surface area contributed by atoms with Crippen LogP contribution in [0.2, 0.25) is 0 Å². The molecular formula is C13H20N6O2. The van der Waals surface area contributed by atoms with Gasteiger partial charge < -0.3 is 9.26 Å². The van der Waals surface area contributed by atoms with Crippen LogP contribution in [0.5, 0.6) is 0 Å². The summed E-state index contributed by atoms with van der Waals surface area (Å²) in [6.45, 7) is 5.93. The van der Waals surface area contributed by atoms with E-state index in [1.54, 1.807) is 11.0 Å². The number of morpholine rings is 1. The first kappa shape index (κ1) is 14.2. The van der Waals surface area contributed by atoms with E-state index in [0.29, 0.717) is 19.7 Å². The molecule has 1 atom stereocenters. The van der Waals surface area contributed by atoms with Gasteiger partial charge in [0.2, 0.25) is 5.89 Å². The van der Waals surface area contributed by atoms with Gasteiger partial charge in [-0.1, -0.05) is 12.1 Å². The molecule has 3 rings (SSSR count). The molecule has 3 heterocycles. The molecule has 0 saturated carbocycles. The topological polar surface area (TPSA) is 82.1 Å². The van der Waals surface area contributed by atoms with E-state index in [9.17, 15) is 0 Å². The summed E-state index contributed by atoms with van der Waals surface area (Å²) < 4.78 is 12.8. The van der Waals surface area contributed by atoms with Gasteiger partial charge in [0.25, 0.3) is 0 Å². The summed E-state index contributed by atoms with van der Waals surface area (Å²) in [5.74, 6) is 1.47. The standard InChI is InChI=1S/C13H20N6O2/c1-2-3-13-16-12(17-21-13)8-18-4-5-20-11(6-18)7-19-10-14-9-15-19/h9-11H,2-8H2,1H3/t11-/m1/s1. The molecule has 1 aliphatic rings. The Labute approximate surface area is 123 Å². The molecule has 0 spiro atoms. The number of nitrogens with zero attached hydrogens (tertiary/aromatic N) is 6. The zero-order valence-corrected chi connectivity index (χ0v) is 12.2. The molecule has 2 aromatic heterocycles. The van der Waals surface area contributed by atoms with Crippen molar-refractivity contribution >= 4 is 0 Å². The van der Waals surface area contributed by atoms with Gasteiger partial charge in [-0.15, -0.1) is 0 Å². The van der Waals surface area contributed by atoms with E-state index in [2.05, 4.69) is 32.0 Å². The normalized spacial score (nSPS) is 20.0. The summed E-state index contributed by atoms with van der Waals surface area (Å²) in [5, 5.41) is 8.14. The maximum atomic E-state index is 5.77. The van der Waals surface area contributed by atoms with E-state index in [0.717, 1.165) is 37.6 Å². The Morgan fingerprint density at radius 3 is 3.19 bits per heavy atom. The molecule has 2 aromatic rings. The van der Waals surface area contributed by atoms with Crippen LogP contribution in [-0.2, 0) is 24.2 Å². The number of hydrogen-bond acceptors (Lipinski definition) is 7. The van der Waals surface area contributed by atoms with Crippen LogP contribution < -0.4 is 0 Å². The van der Waals surface area contributed by atoms with Crippen LogP contribution in [0.3, 0.4) is 0 Å². The van der Waals surface area contributed by atoms with Gasteiger partial charge in [-0.05, 0) is 6.42 Å². The predicted octanol–water partition coefficient (Wildman–Crippen LogP) is 0.515. The van der Waals surface area contributed by atoms with Crippen LogP contribution in [-0.4, -0.2) is 55.6 Å². The van der Waals surface area contributed by atoms with Crippen LogP contribution in [0.15, 0.2) is 17.2 Å². The van der Waals surface area contributed by atoms with Crippen molar-refractivity contribution in [3.05, 3.63) is 24.4 Å². The van der Waals surface area contributed by atoms with Gasteiger partial charge in [-0.25, -0.2) is 4.98 Å². The van der Waals surface area contributed by atoms with Crippen molar-refractivity contribution in [2.75, 3.05) is 19.7 Å². The maximum absolute atomic E-state index is 5.77. The average Bonchev–Trinajstić information content (AvgIpc) is 3.12. The highest BCUT2D eigenvalue weighted by Gasteiger charge is 2.22. The van der Waals surface area contributed by atoms with Gasteiger partial charge in [0.1, 0.15) is 12.7 Å². The average molecular weight is 292 g/mol. The van der Waals surface area contributed by atoms with Crippen LogP contribution in [0.4, 0.5) is 0 Å². The minimum Gasteiger partial charge on any atom is -0.374 e. The molecule has 8 heteroatoms. The third kappa shape index (κ3) is 3.85. The molecule has 114 valence electrons. The molecule has 1 saturated heterocycles. The zero-order valence-electron chi connectivity index (χ0n) is 12.2. The van der Waals surface area contributed by atoms with Gasteiger partial charge in [0.15, 0.2) is 5.82 Å². The van der Waals surface area contributed by atoms with Crippen LogP contribution >= 0.6 is 0 Å². The summed E-state index contributed by atoms with van der Waals surface area (Å²) in [6, 6.07) is 0. The minimum atomic E-state index is 0.113. The second kappa shape index (κ2) is 6.77. The number of hydrogen-bond donors (Lipinski definition) is 0. The van der Waals surface area contributed by atoms with Gasteiger partial charge in [-0.3, -0.25) is 9.58 Å². The van der Waals surface area contributed by atoms with Gasteiger partial charge in [0.05, 0.1) is 25.8 Å². The lowest BCUT2D eigenvalue weighted by molar-refractivity contribution is -0.0411. The molecular weight excluding hydrogens is 272 g/mol. The molecule has 0 aliphatic carbocycles. The third-order valence-corrected chi connectivity index (χ3v) is 3.42. The molecule has 1 fully saturated rings. The lowest BCUT2D eigenvalue weighted by Gasteiger charge is -2.31. The van der Waals surface area contributed by atoms with Gasteiger partial charge in [0, 0.05) is 19.5 Å². The van der Waals surface area contributed by atoms with Crippen molar-refractivity contribution in [3.63, 3.8) is 0 Å². The monoisotopic (exact) mass is 292 g/mol. The summed E-state index contributed by atoms with van der Waals surface area (Å²) in [4.78, 5) is 10.6. The Hall–Kier alpha value is -1.80. The fourth-order valence-electron chi connectivity index (χ4n) is 2.44. The largest absolute Gasteiger partial charge is 0.374 e. The van der Waals surface area contributed by atoms with Crippen molar-refractivity contribution in [1.29, 1.82) is 0 Å². The van der Waals surface area contributed by atoms with E-state index in [1.165, 1.54) is 6.33 Å². The second-order valence-electron chi connectivity index (χ2n) is 5.20. The van der Waals surface area contributed by atoms with Crippen molar-refractivity contribution in [2.45, 2.75) is 39.0 Å². The minimum absolute atomic E-state index is 0.113. The number of rotatable bonds is 6. The first-order valence-electron chi connectivity index (χ1n) is 7.31. The first-order valence-corrected chi connectivity index (χ1v) is 7.31. The van der Waals surface area contributed by atoms with Crippen LogP contribution in [0.1, 0.15) is 25.1 Å². The Morgan fingerprint density at radius 2 is 2.38 bits per heavy atom. The molecule has 1 aliphatic heterocycles. The summed E-state index contributed by atoms with van der Waals surface area (Å²) in [5.41, 5.74) is 0. The molecule has 21 heavy (non-hydrogen) atoms. The molecule has 0 bridgehead atoms. The summed E-state index contributed by atoms with van der Waals surface area (Å²) in [6.07, 6.45) is 5.21. The number of aryl methyl sites for hydroxylation is 1. The SMILES string of the molecule is CCCc1nc(CN2CCO[C@@H](Cn3cncn3)C2)no1. The Balaban J connectivity index is 1.53. The fraction of sp³-hybridized carbons (Fsp3) is 0.692. The molecule has 0 unspecified atom stereocenters. The maximum Gasteiger partial charge on any atom is 0.226 e. The highest BCUT2D eigenvalue weighted by Crippen LogP contribution is 2.10. The highest BCUT2D eigenvalue weighted by molar-refractivity contribution is 4.87. The quantitative estimate of drug-likeness (QED) is 0.767. The number of aromatic nitrogens is 5. The van der Waals surface area contributed by atoms with E-state index in [-0.39, 0.29) is 6.10 Å². The van der Waals surface area contributed by atoms with Crippen molar-refractivity contribution < 1.29 is 9.26 Å². The third-order valence-electron chi connectivity index (χ3n) is 3.42. The van der Waals surface area contributed by atoms with E-state index in [1.807, 2.05) is 0 Å². The number of ether oxygens (including phenoxy) is 1. The highest BCUT2D eigenvalue weighted by atomic mass is 16.5. The molecule has 0 amide bonds. The lowest BCUT2D eigenvalue weighted by atomic mass is 10.2. The van der Waals surface area contributed by atoms with Crippen molar-refractivity contribution in [3.8, 4) is 0 Å². The van der Waals surface area contributed by atoms with Gasteiger partial charge in [-0.2, -0.15) is 10.1 Å². The van der Waals surface area contributed by atoms with E-state index in [4.69, 9.17) is 9.26 Å². The lowest BCUT2D eigenvalue weighted by Crippen LogP contribution is -2.43. The van der Waals surface area contributed by atoms with Crippen molar-refractivity contribution in [1.82, 2.24) is 29.8 Å². The molecule has 0 radical (unpaired) electrons. The van der Waals surface area contributed by atoms with Crippen LogP contribution in [0.25, 0.3) is 0 Å². The van der Waals surface area contributed by atoms with E-state index < -0.39 is 0 Å². The molecule has 0 aromatic carbocycles. The predicted molar refractivity (Wildman–Crippen MR) is 73.3 cm³/mol. The summed E-state index contributed by atoms with van der Waals surface area (Å²) in [7, 11) is 0. The Bertz CT molecular complexity index is 541. The second-order valence-corrected chi connectivity index (χ2v) is 5.20. The molecule has 0 N–H and O–H groups in total. The zero-order chi connectivity index (χ0) is 14.5. The molecule has 8 nitrogen and oxygen atoms in total. The van der Waals surface area contributed by atoms with Gasteiger partial charge >= 0.3 is 0 Å².